The van der Waals surface area contributed by atoms with Crippen molar-refractivity contribution in [3.8, 4) is 0 Å². The highest BCUT2D eigenvalue weighted by atomic mass is 19.4. The van der Waals surface area contributed by atoms with E-state index in [9.17, 15) is 46.6 Å². The summed E-state index contributed by atoms with van der Waals surface area (Å²) in [6.07, 6.45) is -10.6. The highest BCUT2D eigenvalue weighted by molar-refractivity contribution is 5.93. The normalized spacial score (nSPS) is 12.6. The number of aromatic nitrogens is 2. The van der Waals surface area contributed by atoms with Gasteiger partial charge >= 0.3 is 18.0 Å². The maximum absolute atomic E-state index is 12.8. The molecule has 0 saturated carbocycles. The van der Waals surface area contributed by atoms with Crippen LogP contribution in [0.15, 0.2) is 6.07 Å². The average Bonchev–Trinajstić information content (AvgIpc) is 2.78. The fourth-order valence-electron chi connectivity index (χ4n) is 1.82. The lowest BCUT2D eigenvalue weighted by atomic mass is 10.1. The number of H-pyrrole nitrogens is 1. The van der Waals surface area contributed by atoms with Gasteiger partial charge in [-0.3, -0.25) is 20.2 Å². The molecule has 0 saturated heterocycles. The third kappa shape index (κ3) is 2.74. The van der Waals surface area contributed by atoms with Gasteiger partial charge in [0.1, 0.15) is 5.56 Å². The molecule has 1 N–H and O–H groups in total. The van der Waals surface area contributed by atoms with Crippen molar-refractivity contribution in [1.29, 1.82) is 0 Å². The minimum Gasteiger partial charge on any atom is -0.328 e. The molecule has 0 unspecified atom stereocenters. The molecule has 8 nitrogen and oxygen atoms in total. The Morgan fingerprint density at radius 2 is 1.57 bits per heavy atom. The first-order valence-corrected chi connectivity index (χ1v) is 5.34. The predicted molar refractivity (Wildman–Crippen MR) is 59.4 cm³/mol. The maximum Gasteiger partial charge on any atom is 0.449 e. The first-order chi connectivity index (χ1) is 10.3. The van der Waals surface area contributed by atoms with Crippen LogP contribution < -0.4 is 0 Å². The van der Waals surface area contributed by atoms with Crippen LogP contribution in [-0.2, 0) is 12.4 Å². The number of alkyl halides is 6. The third-order valence-electron chi connectivity index (χ3n) is 2.67. The van der Waals surface area contributed by atoms with Gasteiger partial charge in [-0.2, -0.15) is 26.3 Å². The molecule has 14 heteroatoms. The Labute approximate surface area is 120 Å². The number of nitrogens with one attached hydrogen (secondary N) is 1. The molecule has 0 spiro atoms. The van der Waals surface area contributed by atoms with Crippen LogP contribution in [-0.4, -0.2) is 19.8 Å². The average molecular weight is 344 g/mol. The number of benzene rings is 1. The number of nitro benzene ring substituents is 2. The smallest absolute Gasteiger partial charge is 0.328 e. The lowest BCUT2D eigenvalue weighted by Crippen LogP contribution is -2.10. The van der Waals surface area contributed by atoms with Gasteiger partial charge in [-0.05, 0) is 0 Å². The van der Waals surface area contributed by atoms with E-state index in [1.807, 2.05) is 0 Å². The van der Waals surface area contributed by atoms with Crippen molar-refractivity contribution in [1.82, 2.24) is 9.97 Å². The van der Waals surface area contributed by atoms with Crippen LogP contribution in [0.1, 0.15) is 11.4 Å². The van der Waals surface area contributed by atoms with Crippen LogP contribution in [0, 0.1) is 20.2 Å². The number of fused-ring (bicyclic) bond motifs is 1. The molecule has 0 bridgehead atoms. The second-order valence-corrected chi connectivity index (χ2v) is 4.11. The van der Waals surface area contributed by atoms with Crippen LogP contribution in [0.25, 0.3) is 11.0 Å². The van der Waals surface area contributed by atoms with E-state index in [1.165, 1.54) is 4.98 Å². The van der Waals surface area contributed by atoms with E-state index >= 15 is 0 Å². The predicted octanol–water partition coefficient (Wildman–Crippen LogP) is 3.42. The van der Waals surface area contributed by atoms with Gasteiger partial charge in [-0.1, -0.05) is 0 Å². The number of nitrogens with zero attached hydrogens (tertiary/aromatic N) is 3. The van der Waals surface area contributed by atoms with Crippen LogP contribution in [0.4, 0.5) is 37.7 Å². The SMILES string of the molecule is O=[N+]([O-])c1cc(C(F)(F)F)c([N+](=O)[O-])c2[nH]c(C(F)(F)F)nc12. The zero-order valence-corrected chi connectivity index (χ0v) is 10.3. The first-order valence-electron chi connectivity index (χ1n) is 5.34. The standard InChI is InChI=1S/C9H2F6N4O4/c10-8(11,12)2-1-3(18(20)21)4-5(6(2)19(22)23)17-7(16-4)9(13,14)15/h1H,(H,16,17). The molecule has 2 rings (SSSR count). The van der Waals surface area contributed by atoms with Crippen LogP contribution in [0.2, 0.25) is 0 Å². The van der Waals surface area contributed by atoms with E-state index in [0.717, 1.165) is 0 Å². The molecular formula is C9H2F6N4O4. The third-order valence-corrected chi connectivity index (χ3v) is 2.67. The summed E-state index contributed by atoms with van der Waals surface area (Å²) in [5, 5.41) is 21.6. The number of halogens is 6. The van der Waals surface area contributed by atoms with Gasteiger partial charge in [-0.15, -0.1) is 0 Å². The van der Waals surface area contributed by atoms with Crippen molar-refractivity contribution in [2.75, 3.05) is 0 Å². The lowest BCUT2D eigenvalue weighted by molar-refractivity contribution is -0.389. The van der Waals surface area contributed by atoms with E-state index in [4.69, 9.17) is 0 Å². The molecule has 0 aliphatic rings. The molecule has 0 atom stereocenters. The molecule has 1 aromatic carbocycles. The Morgan fingerprint density at radius 1 is 1.00 bits per heavy atom. The fourth-order valence-corrected chi connectivity index (χ4v) is 1.82. The Hall–Kier alpha value is -2.93. The highest BCUT2D eigenvalue weighted by Crippen LogP contribution is 2.44. The molecule has 2 aromatic rings. The number of hydrogen-bond donors (Lipinski definition) is 1. The molecule has 0 radical (unpaired) electrons. The van der Waals surface area contributed by atoms with E-state index in [2.05, 4.69) is 4.98 Å². The summed E-state index contributed by atoms with van der Waals surface area (Å²) >= 11 is 0. The Morgan fingerprint density at radius 3 is 1.96 bits per heavy atom. The van der Waals surface area contributed by atoms with E-state index in [0.29, 0.717) is 0 Å². The summed E-state index contributed by atoms with van der Waals surface area (Å²) in [4.78, 5) is 22.7. The molecule has 0 aliphatic carbocycles. The Bertz CT molecular complexity index is 824. The molecule has 1 aromatic heterocycles. The number of rotatable bonds is 2. The Kier molecular flexibility index (Phi) is 3.42. The minimum atomic E-state index is -5.40. The van der Waals surface area contributed by atoms with E-state index in [-0.39, 0.29) is 6.07 Å². The zero-order valence-electron chi connectivity index (χ0n) is 10.3. The van der Waals surface area contributed by atoms with E-state index < -0.39 is 56.0 Å². The molecule has 1 heterocycles. The van der Waals surface area contributed by atoms with Crippen molar-refractivity contribution in [3.05, 3.63) is 37.7 Å². The maximum atomic E-state index is 12.8. The minimum absolute atomic E-state index is 0.221. The fraction of sp³-hybridized carbons (Fsp3) is 0.222. The molecule has 0 fully saturated rings. The number of imidazole rings is 1. The van der Waals surface area contributed by atoms with Gasteiger partial charge < -0.3 is 4.98 Å². The molecule has 0 aliphatic heterocycles. The number of hydrogen-bond acceptors (Lipinski definition) is 5. The number of nitro groups is 2. The quantitative estimate of drug-likeness (QED) is 0.509. The lowest BCUT2D eigenvalue weighted by Gasteiger charge is -2.07. The molecular weight excluding hydrogens is 342 g/mol. The van der Waals surface area contributed by atoms with Gasteiger partial charge in [0, 0.05) is 6.07 Å². The summed E-state index contributed by atoms with van der Waals surface area (Å²) in [6, 6.07) is -0.221. The van der Waals surface area contributed by atoms with Crippen molar-refractivity contribution in [2.45, 2.75) is 12.4 Å². The second kappa shape index (κ2) is 4.79. The molecule has 23 heavy (non-hydrogen) atoms. The Balaban J connectivity index is 3.03. The van der Waals surface area contributed by atoms with Gasteiger partial charge in [0.25, 0.3) is 5.69 Å². The van der Waals surface area contributed by atoms with Gasteiger partial charge in [-0.25, -0.2) is 4.98 Å². The summed E-state index contributed by atoms with van der Waals surface area (Å²) in [6.45, 7) is 0. The largest absolute Gasteiger partial charge is 0.449 e. The van der Waals surface area contributed by atoms with Crippen molar-refractivity contribution >= 4 is 22.4 Å². The van der Waals surface area contributed by atoms with Gasteiger partial charge in [0.05, 0.1) is 9.85 Å². The second-order valence-electron chi connectivity index (χ2n) is 4.11. The van der Waals surface area contributed by atoms with Crippen molar-refractivity contribution in [2.24, 2.45) is 0 Å². The number of aromatic amines is 1. The summed E-state index contributed by atoms with van der Waals surface area (Å²) in [7, 11) is 0. The van der Waals surface area contributed by atoms with Crippen LogP contribution >= 0.6 is 0 Å². The number of non-ortho nitro benzene ring substituents is 1. The van der Waals surface area contributed by atoms with Crippen molar-refractivity contribution in [3.63, 3.8) is 0 Å². The summed E-state index contributed by atoms with van der Waals surface area (Å²) in [5.74, 6) is -1.89. The zero-order chi connectivity index (χ0) is 17.7. The van der Waals surface area contributed by atoms with Gasteiger partial charge in [0.2, 0.25) is 5.82 Å². The molecule has 124 valence electrons. The first kappa shape index (κ1) is 16.4. The van der Waals surface area contributed by atoms with Crippen LogP contribution in [0.5, 0.6) is 0 Å². The topological polar surface area (TPSA) is 115 Å². The van der Waals surface area contributed by atoms with Gasteiger partial charge in [0.15, 0.2) is 11.0 Å². The molecule has 0 amide bonds. The highest BCUT2D eigenvalue weighted by Gasteiger charge is 2.45. The monoisotopic (exact) mass is 344 g/mol. The summed E-state index contributed by atoms with van der Waals surface area (Å²) in [5.41, 5.74) is -7.80. The summed E-state index contributed by atoms with van der Waals surface area (Å²) < 4.78 is 76.2. The van der Waals surface area contributed by atoms with Crippen LogP contribution in [0.3, 0.4) is 0 Å². The van der Waals surface area contributed by atoms with E-state index in [1.54, 1.807) is 0 Å². The van der Waals surface area contributed by atoms with Crippen molar-refractivity contribution < 1.29 is 36.2 Å².